The van der Waals surface area contributed by atoms with E-state index in [0.717, 1.165) is 88.2 Å². The number of rotatable bonds is 4. The Morgan fingerprint density at radius 3 is 1.92 bits per heavy atom. The number of furan rings is 3. The van der Waals surface area contributed by atoms with E-state index in [1.165, 1.54) is 27.8 Å². The molecule has 1 aliphatic carbocycles. The van der Waals surface area contributed by atoms with Gasteiger partial charge in [0.05, 0.1) is 0 Å². The smallest absolute Gasteiger partial charge is 0.180 e. The van der Waals surface area contributed by atoms with Crippen molar-refractivity contribution >= 4 is 65.9 Å². The largest absolute Gasteiger partial charge is 0.456 e. The van der Waals surface area contributed by atoms with Crippen molar-refractivity contribution in [1.82, 2.24) is 9.97 Å². The summed E-state index contributed by atoms with van der Waals surface area (Å²) in [5.74, 6) is 0.583. The molecule has 0 fully saturated rings. The Morgan fingerprint density at radius 2 is 1.02 bits per heavy atom. The highest BCUT2D eigenvalue weighted by Gasteiger charge is 2.35. The topological polar surface area (TPSA) is 65.2 Å². The van der Waals surface area contributed by atoms with Gasteiger partial charge in [-0.05, 0) is 99.1 Å². The van der Waals surface area contributed by atoms with Crippen LogP contribution in [0.4, 0.5) is 0 Å². The summed E-state index contributed by atoms with van der Waals surface area (Å²) >= 11 is 0. The van der Waals surface area contributed by atoms with Gasteiger partial charge in [-0.1, -0.05) is 129 Å². The summed E-state index contributed by atoms with van der Waals surface area (Å²) < 4.78 is 19.7. The summed E-state index contributed by atoms with van der Waals surface area (Å²) in [6.07, 6.45) is 0. The fraction of sp³-hybridized carbons (Fsp3) is 0.0545. The maximum absolute atomic E-state index is 6.78. The maximum Gasteiger partial charge on any atom is 0.180 e. The lowest BCUT2D eigenvalue weighted by atomic mass is 9.81. The van der Waals surface area contributed by atoms with Crippen molar-refractivity contribution in [2.75, 3.05) is 0 Å². The Hall–Kier alpha value is -7.76. The average molecular weight is 771 g/mol. The summed E-state index contributed by atoms with van der Waals surface area (Å²) in [7, 11) is 0. The Kier molecular flexibility index (Phi) is 6.72. The van der Waals surface area contributed by atoms with Gasteiger partial charge in [0.15, 0.2) is 11.4 Å². The molecule has 5 heteroatoms. The van der Waals surface area contributed by atoms with Gasteiger partial charge in [-0.25, -0.2) is 9.97 Å². The lowest BCUT2D eigenvalue weighted by molar-refractivity contribution is 0.660. The molecule has 0 spiro atoms. The third kappa shape index (κ3) is 4.74. The first-order valence-electron chi connectivity index (χ1n) is 20.4. The van der Waals surface area contributed by atoms with Crippen LogP contribution in [0.1, 0.15) is 25.0 Å². The molecule has 0 saturated carbocycles. The van der Waals surface area contributed by atoms with E-state index in [1.807, 2.05) is 42.5 Å². The molecule has 0 amide bonds. The SMILES string of the molecule is CC1(C)c2ccccc2-c2ccc(-c3ccc4oc5cccc(-c6nc(-c7ccc8c(c7)oc7ccccc78)nc7c6oc6ccc(-c8ccccc8)cc67)c5c4c3)cc21. The van der Waals surface area contributed by atoms with Crippen molar-refractivity contribution in [3.05, 3.63) is 181 Å². The van der Waals surface area contributed by atoms with Gasteiger partial charge < -0.3 is 13.3 Å². The zero-order valence-corrected chi connectivity index (χ0v) is 32.8. The van der Waals surface area contributed by atoms with Crippen LogP contribution in [0.25, 0.3) is 122 Å². The molecule has 4 aromatic heterocycles. The molecule has 0 bridgehead atoms. The molecule has 0 radical (unpaired) electrons. The van der Waals surface area contributed by atoms with Crippen LogP contribution in [0.2, 0.25) is 0 Å². The lowest BCUT2D eigenvalue weighted by Gasteiger charge is -2.22. The number of fused-ring (bicyclic) bond motifs is 12. The zero-order valence-electron chi connectivity index (χ0n) is 32.8. The monoisotopic (exact) mass is 770 g/mol. The van der Waals surface area contributed by atoms with Crippen LogP contribution in [0.5, 0.6) is 0 Å². The summed E-state index contributed by atoms with van der Waals surface area (Å²) in [5.41, 5.74) is 17.6. The summed E-state index contributed by atoms with van der Waals surface area (Å²) in [5, 5.41) is 5.05. The normalized spacial score (nSPS) is 13.3. The minimum absolute atomic E-state index is 0.0962. The van der Waals surface area contributed by atoms with Crippen LogP contribution in [0.15, 0.2) is 183 Å². The van der Waals surface area contributed by atoms with Crippen LogP contribution in [0.3, 0.4) is 0 Å². The standard InChI is InChI=1S/C55H34N2O3/c1-55(2)43-16-8-6-13-36(43)37-23-19-34(29-44(37)55)33-22-25-46-41(27-33)50-40(15-10-18-48(50)58-46)51-53-52(42-28-32(21-26-47(42)60-53)31-11-4-3-5-12-31)57-54(56-51)35-20-24-39-38-14-7-9-17-45(38)59-49(39)30-35/h3-30H,1-2H3. The van der Waals surface area contributed by atoms with E-state index in [-0.39, 0.29) is 5.41 Å². The van der Waals surface area contributed by atoms with Gasteiger partial charge in [0, 0.05) is 43.5 Å². The molecule has 0 N–H and O–H groups in total. The number of nitrogens with zero attached hydrogens (tertiary/aromatic N) is 2. The predicted octanol–water partition coefficient (Wildman–Crippen LogP) is 15.1. The number of aromatic nitrogens is 2. The second-order valence-corrected chi connectivity index (χ2v) is 16.5. The second kappa shape index (κ2) is 12.1. The van der Waals surface area contributed by atoms with Crippen molar-refractivity contribution in [1.29, 1.82) is 0 Å². The first kappa shape index (κ1) is 33.2. The van der Waals surface area contributed by atoms with Crippen LogP contribution in [-0.2, 0) is 5.41 Å². The van der Waals surface area contributed by atoms with E-state index in [0.29, 0.717) is 17.1 Å². The number of hydrogen-bond acceptors (Lipinski definition) is 5. The van der Waals surface area contributed by atoms with Gasteiger partial charge >= 0.3 is 0 Å². The van der Waals surface area contributed by atoms with E-state index in [1.54, 1.807) is 0 Å². The van der Waals surface area contributed by atoms with Crippen molar-refractivity contribution in [2.24, 2.45) is 0 Å². The quantitative estimate of drug-likeness (QED) is 0.178. The molecule has 1 aliphatic rings. The van der Waals surface area contributed by atoms with E-state index < -0.39 is 0 Å². The first-order valence-corrected chi connectivity index (χ1v) is 20.4. The van der Waals surface area contributed by atoms with E-state index >= 15 is 0 Å². The van der Waals surface area contributed by atoms with Crippen LogP contribution in [0, 0.1) is 0 Å². The van der Waals surface area contributed by atoms with Crippen molar-refractivity contribution in [3.8, 4) is 56.0 Å². The van der Waals surface area contributed by atoms with Crippen LogP contribution < -0.4 is 0 Å². The number of para-hydroxylation sites is 1. The molecular weight excluding hydrogens is 737 g/mol. The van der Waals surface area contributed by atoms with Crippen LogP contribution in [-0.4, -0.2) is 9.97 Å². The molecule has 60 heavy (non-hydrogen) atoms. The lowest BCUT2D eigenvalue weighted by Crippen LogP contribution is -2.14. The second-order valence-electron chi connectivity index (χ2n) is 16.5. The summed E-state index contributed by atoms with van der Waals surface area (Å²) in [6, 6.07) is 59.5. The van der Waals surface area contributed by atoms with E-state index in [2.05, 4.69) is 141 Å². The van der Waals surface area contributed by atoms with Gasteiger partial charge in [0.25, 0.3) is 0 Å². The fourth-order valence-corrected chi connectivity index (χ4v) is 9.72. The first-order chi connectivity index (χ1) is 29.5. The Balaban J connectivity index is 1.04. The van der Waals surface area contributed by atoms with Gasteiger partial charge in [0.2, 0.25) is 0 Å². The molecule has 12 aromatic rings. The van der Waals surface area contributed by atoms with E-state index in [9.17, 15) is 0 Å². The maximum atomic E-state index is 6.78. The molecule has 0 unspecified atom stereocenters. The molecule has 0 saturated heterocycles. The highest BCUT2D eigenvalue weighted by atomic mass is 16.3. The molecule has 0 atom stereocenters. The van der Waals surface area contributed by atoms with Gasteiger partial charge in [-0.15, -0.1) is 0 Å². The highest BCUT2D eigenvalue weighted by molar-refractivity contribution is 6.17. The third-order valence-corrected chi connectivity index (χ3v) is 12.7. The molecule has 13 rings (SSSR count). The highest BCUT2D eigenvalue weighted by Crippen LogP contribution is 2.50. The number of benzene rings is 8. The van der Waals surface area contributed by atoms with E-state index in [4.69, 9.17) is 23.2 Å². The minimum atomic E-state index is -0.0962. The Labute approximate surface area is 344 Å². The zero-order chi connectivity index (χ0) is 39.7. The molecule has 4 heterocycles. The van der Waals surface area contributed by atoms with Gasteiger partial charge in [0.1, 0.15) is 39.1 Å². The molecule has 8 aromatic carbocycles. The molecule has 0 aliphatic heterocycles. The third-order valence-electron chi connectivity index (χ3n) is 12.7. The molecular formula is C55H34N2O3. The molecule has 5 nitrogen and oxygen atoms in total. The van der Waals surface area contributed by atoms with Crippen molar-refractivity contribution < 1.29 is 13.3 Å². The minimum Gasteiger partial charge on any atom is -0.456 e. The van der Waals surface area contributed by atoms with Crippen molar-refractivity contribution in [2.45, 2.75) is 19.3 Å². The average Bonchev–Trinajstić information content (AvgIpc) is 4.03. The number of hydrogen-bond donors (Lipinski definition) is 0. The van der Waals surface area contributed by atoms with Gasteiger partial charge in [-0.3, -0.25) is 0 Å². The fourth-order valence-electron chi connectivity index (χ4n) is 9.72. The van der Waals surface area contributed by atoms with Crippen LogP contribution >= 0.6 is 0 Å². The van der Waals surface area contributed by atoms with Gasteiger partial charge in [-0.2, -0.15) is 0 Å². The molecule has 282 valence electrons. The summed E-state index contributed by atoms with van der Waals surface area (Å²) in [6.45, 7) is 4.65. The van der Waals surface area contributed by atoms with Crippen molar-refractivity contribution in [3.63, 3.8) is 0 Å². The Bertz CT molecular complexity index is 3750. The summed E-state index contributed by atoms with van der Waals surface area (Å²) in [4.78, 5) is 10.7. The predicted molar refractivity (Wildman–Crippen MR) is 243 cm³/mol. The Morgan fingerprint density at radius 1 is 0.383 bits per heavy atom.